The van der Waals surface area contributed by atoms with E-state index in [2.05, 4.69) is 19.2 Å². The van der Waals surface area contributed by atoms with Crippen molar-refractivity contribution in [2.75, 3.05) is 7.05 Å². The van der Waals surface area contributed by atoms with Gasteiger partial charge in [-0.1, -0.05) is 13.8 Å². The predicted octanol–water partition coefficient (Wildman–Crippen LogP) is 1.80. The molecule has 0 aromatic carbocycles. The Hall–Kier alpha value is -0.530. The summed E-state index contributed by atoms with van der Waals surface area (Å²) in [6.07, 6.45) is 3.41. The molecule has 0 aliphatic heterocycles. The van der Waals surface area contributed by atoms with Crippen LogP contribution in [0.15, 0.2) is 0 Å². The lowest BCUT2D eigenvalue weighted by molar-refractivity contribution is -0.124. The monoisotopic (exact) mass is 169 g/mol. The van der Waals surface area contributed by atoms with Crippen LogP contribution < -0.4 is 5.32 Å². The normalized spacial score (nSPS) is 29.3. The van der Waals surface area contributed by atoms with Gasteiger partial charge in [-0.05, 0) is 31.1 Å². The third kappa shape index (κ3) is 1.99. The van der Waals surface area contributed by atoms with Crippen molar-refractivity contribution in [3.63, 3.8) is 0 Å². The van der Waals surface area contributed by atoms with Crippen LogP contribution >= 0.6 is 0 Å². The molecule has 1 unspecified atom stereocenters. The molecule has 1 amide bonds. The van der Waals surface area contributed by atoms with Crippen molar-refractivity contribution in [2.24, 2.45) is 17.8 Å². The first-order valence-corrected chi connectivity index (χ1v) is 4.86. The number of rotatable bonds is 2. The number of carbonyl (C=O) groups is 1. The molecule has 2 atom stereocenters. The van der Waals surface area contributed by atoms with Crippen molar-refractivity contribution in [3.8, 4) is 0 Å². The fourth-order valence-electron chi connectivity index (χ4n) is 2.06. The summed E-state index contributed by atoms with van der Waals surface area (Å²) in [5, 5.41) is 2.73. The van der Waals surface area contributed by atoms with Crippen molar-refractivity contribution in [1.82, 2.24) is 5.32 Å². The minimum atomic E-state index is 0.234. The van der Waals surface area contributed by atoms with Crippen molar-refractivity contribution < 1.29 is 4.79 Å². The van der Waals surface area contributed by atoms with Crippen LogP contribution in [-0.2, 0) is 4.79 Å². The van der Waals surface area contributed by atoms with Crippen LogP contribution in [0.4, 0.5) is 0 Å². The van der Waals surface area contributed by atoms with Crippen molar-refractivity contribution >= 4 is 5.91 Å². The number of amides is 1. The first-order chi connectivity index (χ1) is 5.65. The number of nitrogens with one attached hydrogen (secondary N) is 1. The summed E-state index contributed by atoms with van der Waals surface area (Å²) in [4.78, 5) is 11.3. The standard InChI is InChI=1S/C10H19NO/c1-7(2)8-4-5-9(6-8)10(12)11-3/h7-9H,4-6H2,1-3H3,(H,11,12)/t8-,9?/m1/s1. The maximum Gasteiger partial charge on any atom is 0.222 e. The first-order valence-electron chi connectivity index (χ1n) is 4.86. The fourth-order valence-corrected chi connectivity index (χ4v) is 2.06. The van der Waals surface area contributed by atoms with Gasteiger partial charge in [0.05, 0.1) is 0 Å². The Morgan fingerprint density at radius 1 is 1.42 bits per heavy atom. The van der Waals surface area contributed by atoms with E-state index in [4.69, 9.17) is 0 Å². The molecule has 1 aliphatic carbocycles. The van der Waals surface area contributed by atoms with Crippen LogP contribution in [0, 0.1) is 17.8 Å². The maximum atomic E-state index is 11.3. The van der Waals surface area contributed by atoms with Gasteiger partial charge >= 0.3 is 0 Å². The Labute approximate surface area is 74.7 Å². The summed E-state index contributed by atoms with van der Waals surface area (Å²) < 4.78 is 0. The SMILES string of the molecule is CNC(=O)C1CC[C@@H](C(C)C)C1. The van der Waals surface area contributed by atoms with Gasteiger partial charge in [0.15, 0.2) is 0 Å². The van der Waals surface area contributed by atoms with Gasteiger partial charge in [-0.3, -0.25) is 4.79 Å². The molecule has 1 rings (SSSR count). The summed E-state index contributed by atoms with van der Waals surface area (Å²) in [6.45, 7) is 4.49. The zero-order valence-corrected chi connectivity index (χ0v) is 8.26. The largest absolute Gasteiger partial charge is 0.359 e. The molecule has 1 N–H and O–H groups in total. The first kappa shape index (κ1) is 9.56. The van der Waals surface area contributed by atoms with Crippen LogP contribution in [0.1, 0.15) is 33.1 Å². The average Bonchev–Trinajstić information content (AvgIpc) is 2.51. The minimum Gasteiger partial charge on any atom is -0.359 e. The molecule has 0 bridgehead atoms. The van der Waals surface area contributed by atoms with Gasteiger partial charge < -0.3 is 5.32 Å². The molecule has 1 aliphatic rings. The smallest absolute Gasteiger partial charge is 0.222 e. The van der Waals surface area contributed by atoms with E-state index < -0.39 is 0 Å². The van der Waals surface area contributed by atoms with Gasteiger partial charge in [0, 0.05) is 13.0 Å². The van der Waals surface area contributed by atoms with Gasteiger partial charge in [-0.15, -0.1) is 0 Å². The number of carbonyl (C=O) groups excluding carboxylic acids is 1. The molecule has 0 radical (unpaired) electrons. The summed E-state index contributed by atoms with van der Waals surface area (Å²) in [5.74, 6) is 2.03. The molecule has 0 aromatic heterocycles. The second-order valence-corrected chi connectivity index (χ2v) is 4.13. The Bertz CT molecular complexity index is 165. The van der Waals surface area contributed by atoms with Crippen LogP contribution in [0.2, 0.25) is 0 Å². The highest BCUT2D eigenvalue weighted by molar-refractivity contribution is 5.78. The zero-order valence-electron chi connectivity index (χ0n) is 8.26. The van der Waals surface area contributed by atoms with E-state index in [1.165, 1.54) is 6.42 Å². The van der Waals surface area contributed by atoms with Gasteiger partial charge in [0.1, 0.15) is 0 Å². The van der Waals surface area contributed by atoms with Crippen molar-refractivity contribution in [2.45, 2.75) is 33.1 Å². The number of hydrogen-bond acceptors (Lipinski definition) is 1. The summed E-state index contributed by atoms with van der Waals surface area (Å²) in [5.41, 5.74) is 0. The lowest BCUT2D eigenvalue weighted by Gasteiger charge is -2.13. The lowest BCUT2D eigenvalue weighted by atomic mass is 9.93. The molecule has 1 fully saturated rings. The van der Waals surface area contributed by atoms with E-state index in [-0.39, 0.29) is 5.91 Å². The van der Waals surface area contributed by atoms with E-state index in [9.17, 15) is 4.79 Å². The quantitative estimate of drug-likeness (QED) is 0.671. The fraction of sp³-hybridized carbons (Fsp3) is 0.900. The molecular weight excluding hydrogens is 150 g/mol. The molecule has 12 heavy (non-hydrogen) atoms. The lowest BCUT2D eigenvalue weighted by Crippen LogP contribution is -2.25. The topological polar surface area (TPSA) is 29.1 Å². The van der Waals surface area contributed by atoms with E-state index in [1.54, 1.807) is 7.05 Å². The highest BCUT2D eigenvalue weighted by atomic mass is 16.1. The second-order valence-electron chi connectivity index (χ2n) is 4.13. The molecule has 1 saturated carbocycles. The number of hydrogen-bond donors (Lipinski definition) is 1. The van der Waals surface area contributed by atoms with Crippen LogP contribution in [0.25, 0.3) is 0 Å². The Balaban J connectivity index is 2.40. The molecule has 0 aromatic rings. The second kappa shape index (κ2) is 3.92. The van der Waals surface area contributed by atoms with Crippen LogP contribution in [-0.4, -0.2) is 13.0 Å². The summed E-state index contributed by atoms with van der Waals surface area (Å²) in [6, 6.07) is 0. The summed E-state index contributed by atoms with van der Waals surface area (Å²) in [7, 11) is 1.73. The Morgan fingerprint density at radius 3 is 2.50 bits per heavy atom. The molecule has 2 heteroatoms. The molecule has 70 valence electrons. The van der Waals surface area contributed by atoms with Gasteiger partial charge in [-0.2, -0.15) is 0 Å². The third-order valence-electron chi connectivity index (χ3n) is 3.03. The van der Waals surface area contributed by atoms with E-state index in [1.807, 2.05) is 0 Å². The molecule has 0 spiro atoms. The van der Waals surface area contributed by atoms with E-state index >= 15 is 0 Å². The molecule has 2 nitrogen and oxygen atoms in total. The molecule has 0 saturated heterocycles. The predicted molar refractivity (Wildman–Crippen MR) is 49.7 cm³/mol. The van der Waals surface area contributed by atoms with Gasteiger partial charge in [-0.25, -0.2) is 0 Å². The molecular formula is C10H19NO. The van der Waals surface area contributed by atoms with Gasteiger partial charge in [0.2, 0.25) is 5.91 Å². The maximum absolute atomic E-state index is 11.3. The van der Waals surface area contributed by atoms with Crippen molar-refractivity contribution in [3.05, 3.63) is 0 Å². The Kier molecular flexibility index (Phi) is 3.12. The Morgan fingerprint density at radius 2 is 2.08 bits per heavy atom. The van der Waals surface area contributed by atoms with Crippen LogP contribution in [0.3, 0.4) is 0 Å². The highest BCUT2D eigenvalue weighted by Gasteiger charge is 2.30. The zero-order chi connectivity index (χ0) is 9.14. The van der Waals surface area contributed by atoms with Crippen molar-refractivity contribution in [1.29, 1.82) is 0 Å². The highest BCUT2D eigenvalue weighted by Crippen LogP contribution is 2.35. The molecule has 0 heterocycles. The van der Waals surface area contributed by atoms with Gasteiger partial charge in [0.25, 0.3) is 0 Å². The summed E-state index contributed by atoms with van der Waals surface area (Å²) >= 11 is 0. The van der Waals surface area contributed by atoms with E-state index in [0.717, 1.165) is 24.7 Å². The average molecular weight is 169 g/mol. The third-order valence-corrected chi connectivity index (χ3v) is 3.03. The minimum absolute atomic E-state index is 0.234. The van der Waals surface area contributed by atoms with Crippen LogP contribution in [0.5, 0.6) is 0 Å². The van der Waals surface area contributed by atoms with E-state index in [0.29, 0.717) is 5.92 Å².